The Morgan fingerprint density at radius 2 is 1.93 bits per heavy atom. The van der Waals surface area contributed by atoms with Gasteiger partial charge in [0.2, 0.25) is 0 Å². The van der Waals surface area contributed by atoms with Gasteiger partial charge < -0.3 is 10.5 Å². The second-order valence-corrected chi connectivity index (χ2v) is 2.83. The van der Waals surface area contributed by atoms with Gasteiger partial charge in [-0.05, 0) is 6.92 Å². The number of hydrogen-bond donors (Lipinski definition) is 2. The maximum atomic E-state index is 11.0. The van der Waals surface area contributed by atoms with Crippen molar-refractivity contribution in [3.63, 3.8) is 0 Å². The van der Waals surface area contributed by atoms with Crippen LogP contribution in [-0.2, 0) is 4.79 Å². The summed E-state index contributed by atoms with van der Waals surface area (Å²) in [5.74, 6) is -0.463. The van der Waals surface area contributed by atoms with Crippen molar-refractivity contribution in [2.75, 3.05) is 0 Å². The zero-order valence-electron chi connectivity index (χ0n) is 7.82. The number of carbonyl (C=O) groups excluding carboxylic acids is 1. The van der Waals surface area contributed by atoms with Gasteiger partial charge in [0.15, 0.2) is 5.78 Å². The Morgan fingerprint density at radius 1 is 1.36 bits per heavy atom. The third-order valence-electron chi connectivity index (χ3n) is 1.83. The van der Waals surface area contributed by atoms with Crippen molar-refractivity contribution < 1.29 is 9.90 Å². The van der Waals surface area contributed by atoms with Gasteiger partial charge in [-0.2, -0.15) is 0 Å². The largest absolute Gasteiger partial charge is 0.507 e. The van der Waals surface area contributed by atoms with E-state index >= 15 is 0 Å². The molecule has 0 amide bonds. The van der Waals surface area contributed by atoms with Gasteiger partial charge in [-0.25, -0.2) is 0 Å². The van der Waals surface area contributed by atoms with E-state index < -0.39 is 0 Å². The van der Waals surface area contributed by atoms with E-state index in [2.05, 4.69) is 0 Å². The fourth-order valence-electron chi connectivity index (χ4n) is 1.09. The number of allylic oxidation sites excluding steroid dienone is 1. The summed E-state index contributed by atoms with van der Waals surface area (Å²) >= 11 is 0. The summed E-state index contributed by atoms with van der Waals surface area (Å²) in [6.45, 7) is 1.32. The van der Waals surface area contributed by atoms with E-state index in [1.807, 2.05) is 6.07 Å². The van der Waals surface area contributed by atoms with Crippen LogP contribution in [0.15, 0.2) is 35.9 Å². The molecule has 0 atom stereocenters. The molecule has 2 N–H and O–H groups in total. The highest BCUT2D eigenvalue weighted by molar-refractivity contribution is 6.16. The predicted octanol–water partition coefficient (Wildman–Crippen LogP) is 2.19. The Kier molecular flexibility index (Phi) is 3.18. The summed E-state index contributed by atoms with van der Waals surface area (Å²) in [7, 11) is 0. The summed E-state index contributed by atoms with van der Waals surface area (Å²) in [4.78, 5) is 11.0. The molecule has 0 aromatic heterocycles. The van der Waals surface area contributed by atoms with Gasteiger partial charge in [-0.1, -0.05) is 30.3 Å². The second-order valence-electron chi connectivity index (χ2n) is 2.83. The Morgan fingerprint density at radius 3 is 2.36 bits per heavy atom. The quantitative estimate of drug-likeness (QED) is 0.435. The molecule has 0 unspecified atom stereocenters. The lowest BCUT2D eigenvalue weighted by atomic mass is 10.1. The van der Waals surface area contributed by atoms with Crippen molar-refractivity contribution in [2.45, 2.75) is 6.92 Å². The summed E-state index contributed by atoms with van der Waals surface area (Å²) in [5, 5.41) is 16.7. The van der Waals surface area contributed by atoms with Gasteiger partial charge in [0, 0.05) is 11.8 Å². The first-order chi connectivity index (χ1) is 6.66. The third kappa shape index (κ3) is 2.07. The lowest BCUT2D eigenvalue weighted by molar-refractivity contribution is -0.113. The molecule has 0 aliphatic rings. The van der Waals surface area contributed by atoms with Crippen LogP contribution in [0.3, 0.4) is 0 Å². The number of aliphatic hydroxyl groups is 1. The topological polar surface area (TPSA) is 61.2 Å². The first kappa shape index (κ1) is 10.2. The van der Waals surface area contributed by atoms with E-state index in [0.29, 0.717) is 5.56 Å². The molecule has 0 saturated heterocycles. The van der Waals surface area contributed by atoms with Crippen LogP contribution in [0.25, 0.3) is 5.76 Å². The first-order valence-electron chi connectivity index (χ1n) is 4.17. The van der Waals surface area contributed by atoms with Crippen LogP contribution in [0.5, 0.6) is 0 Å². The number of ketones is 1. The average molecular weight is 189 g/mol. The maximum Gasteiger partial charge on any atom is 0.165 e. The Bertz CT molecular complexity index is 380. The van der Waals surface area contributed by atoms with Gasteiger partial charge in [0.1, 0.15) is 5.76 Å². The molecule has 3 heteroatoms. The van der Waals surface area contributed by atoms with Crippen molar-refractivity contribution in [3.05, 3.63) is 41.5 Å². The van der Waals surface area contributed by atoms with Crippen molar-refractivity contribution in [2.24, 2.45) is 0 Å². The molecule has 0 spiro atoms. The van der Waals surface area contributed by atoms with E-state index in [1.54, 1.807) is 24.3 Å². The zero-order valence-corrected chi connectivity index (χ0v) is 7.82. The number of nitrogens with one attached hydrogen (secondary N) is 1. The van der Waals surface area contributed by atoms with Crippen LogP contribution in [0.1, 0.15) is 12.5 Å². The fraction of sp³-hybridized carbons (Fsp3) is 0.0909. The van der Waals surface area contributed by atoms with Crippen LogP contribution in [0.2, 0.25) is 0 Å². The van der Waals surface area contributed by atoms with Crippen LogP contribution in [-0.4, -0.2) is 17.1 Å². The summed E-state index contributed by atoms with van der Waals surface area (Å²) in [6.07, 6.45) is 0.866. The highest BCUT2D eigenvalue weighted by atomic mass is 16.3. The smallest absolute Gasteiger partial charge is 0.165 e. The minimum Gasteiger partial charge on any atom is -0.507 e. The molecule has 1 aromatic carbocycles. The third-order valence-corrected chi connectivity index (χ3v) is 1.83. The number of benzene rings is 1. The van der Waals surface area contributed by atoms with E-state index in [0.717, 1.165) is 6.21 Å². The molecule has 3 nitrogen and oxygen atoms in total. The zero-order chi connectivity index (χ0) is 10.6. The summed E-state index contributed by atoms with van der Waals surface area (Å²) in [5.41, 5.74) is 0.567. The van der Waals surface area contributed by atoms with Crippen LogP contribution < -0.4 is 0 Å². The molecule has 0 heterocycles. The molecule has 1 rings (SSSR count). The molecule has 0 saturated carbocycles. The summed E-state index contributed by atoms with van der Waals surface area (Å²) in [6, 6.07) is 8.69. The molecular weight excluding hydrogens is 178 g/mol. The van der Waals surface area contributed by atoms with Gasteiger partial charge in [-0.3, -0.25) is 4.79 Å². The summed E-state index contributed by atoms with van der Waals surface area (Å²) < 4.78 is 0. The monoisotopic (exact) mass is 189 g/mol. The molecule has 0 fully saturated rings. The molecule has 14 heavy (non-hydrogen) atoms. The van der Waals surface area contributed by atoms with E-state index in [9.17, 15) is 9.90 Å². The number of Topliss-reactive ketones (excluding diaryl/α,β-unsaturated/α-hetero) is 1. The lowest BCUT2D eigenvalue weighted by Gasteiger charge is -2.02. The maximum absolute atomic E-state index is 11.0. The Balaban J connectivity index is 3.21. The number of aliphatic hydroxyl groups excluding tert-OH is 1. The average Bonchev–Trinajstić information content (AvgIpc) is 2.19. The predicted molar refractivity (Wildman–Crippen MR) is 55.5 cm³/mol. The molecule has 1 aromatic rings. The van der Waals surface area contributed by atoms with Gasteiger partial charge >= 0.3 is 0 Å². The highest BCUT2D eigenvalue weighted by Crippen LogP contribution is 2.14. The normalized spacial score (nSPS) is 11.8. The fourth-order valence-corrected chi connectivity index (χ4v) is 1.09. The Hall–Kier alpha value is -1.90. The standard InChI is InChI=1S/C11H11NO2/c1-8(13)10(7-12)11(14)9-5-3-2-4-6-9/h2-7,12,14H,1H3/b11-10-,12-7?. The molecule has 0 aliphatic heterocycles. The first-order valence-corrected chi connectivity index (χ1v) is 4.17. The van der Waals surface area contributed by atoms with Gasteiger partial charge in [-0.15, -0.1) is 0 Å². The minimum atomic E-state index is -0.318. The van der Waals surface area contributed by atoms with Gasteiger partial charge in [0.05, 0.1) is 5.57 Å². The lowest BCUT2D eigenvalue weighted by Crippen LogP contribution is -2.01. The second kappa shape index (κ2) is 4.37. The molecule has 0 radical (unpaired) electrons. The molecule has 0 aliphatic carbocycles. The Labute approximate surface area is 82.2 Å². The van der Waals surface area contributed by atoms with Crippen molar-refractivity contribution in [3.8, 4) is 0 Å². The number of hydrogen-bond acceptors (Lipinski definition) is 3. The van der Waals surface area contributed by atoms with Crippen LogP contribution in [0.4, 0.5) is 0 Å². The number of rotatable bonds is 3. The SMILES string of the molecule is CC(=O)/C(C=N)=C(\O)c1ccccc1. The van der Waals surface area contributed by atoms with Crippen LogP contribution in [0, 0.1) is 5.41 Å². The number of carbonyl (C=O) groups is 1. The van der Waals surface area contributed by atoms with Gasteiger partial charge in [0.25, 0.3) is 0 Å². The van der Waals surface area contributed by atoms with Crippen molar-refractivity contribution in [1.29, 1.82) is 5.41 Å². The van der Waals surface area contributed by atoms with E-state index in [1.165, 1.54) is 6.92 Å². The molecular formula is C11H11NO2. The van der Waals surface area contributed by atoms with Crippen molar-refractivity contribution in [1.82, 2.24) is 0 Å². The molecule has 0 bridgehead atoms. The van der Waals surface area contributed by atoms with Crippen molar-refractivity contribution >= 4 is 17.8 Å². The molecule has 72 valence electrons. The minimum absolute atomic E-state index is 0.0243. The van der Waals surface area contributed by atoms with E-state index in [4.69, 9.17) is 5.41 Å². The highest BCUT2D eigenvalue weighted by Gasteiger charge is 2.09. The van der Waals surface area contributed by atoms with Crippen LogP contribution >= 0.6 is 0 Å². The van der Waals surface area contributed by atoms with E-state index in [-0.39, 0.29) is 17.1 Å².